The van der Waals surface area contributed by atoms with Crippen LogP contribution >= 0.6 is 0 Å². The topological polar surface area (TPSA) is 69.4 Å². The second kappa shape index (κ2) is 6.29. The van der Waals surface area contributed by atoms with Crippen molar-refractivity contribution in [3.8, 4) is 23.0 Å². The van der Waals surface area contributed by atoms with Gasteiger partial charge in [-0.1, -0.05) is 12.1 Å². The van der Waals surface area contributed by atoms with Crippen molar-refractivity contribution in [3.05, 3.63) is 59.7 Å². The van der Waals surface area contributed by atoms with E-state index in [1.54, 1.807) is 12.1 Å². The number of halogens is 1. The lowest BCUT2D eigenvalue weighted by atomic mass is 10.2. The molecule has 6 nitrogen and oxygen atoms in total. The zero-order valence-corrected chi connectivity index (χ0v) is 12.7. The molecule has 4 rings (SSSR count). The molecule has 0 spiro atoms. The van der Waals surface area contributed by atoms with Crippen LogP contribution in [0.2, 0.25) is 0 Å². The Hall–Kier alpha value is -2.93. The van der Waals surface area contributed by atoms with Crippen LogP contribution in [0.3, 0.4) is 0 Å². The molecule has 1 N–H and O–H groups in total. The Labute approximate surface area is 137 Å². The predicted octanol–water partition coefficient (Wildman–Crippen LogP) is 2.89. The van der Waals surface area contributed by atoms with E-state index in [9.17, 15) is 4.39 Å². The molecule has 1 aliphatic rings. The fourth-order valence-electron chi connectivity index (χ4n) is 2.43. The molecule has 1 aromatic heterocycles. The SMILES string of the molecule is Fc1cccc(-c2nnc(CNCc3ccc4c(c3)OCO4)o2)c1. The summed E-state index contributed by atoms with van der Waals surface area (Å²) in [5.74, 6) is 1.91. The van der Waals surface area contributed by atoms with Gasteiger partial charge in [-0.15, -0.1) is 10.2 Å². The molecule has 0 bridgehead atoms. The van der Waals surface area contributed by atoms with Gasteiger partial charge in [0.1, 0.15) is 5.82 Å². The van der Waals surface area contributed by atoms with Gasteiger partial charge < -0.3 is 19.2 Å². The molecule has 1 aliphatic heterocycles. The van der Waals surface area contributed by atoms with E-state index >= 15 is 0 Å². The van der Waals surface area contributed by atoms with Gasteiger partial charge in [0.05, 0.1) is 6.54 Å². The minimum atomic E-state index is -0.340. The normalized spacial score (nSPS) is 12.5. The van der Waals surface area contributed by atoms with Crippen molar-refractivity contribution < 1.29 is 18.3 Å². The lowest BCUT2D eigenvalue weighted by molar-refractivity contribution is 0.174. The molecule has 0 aliphatic carbocycles. The molecule has 0 saturated carbocycles. The van der Waals surface area contributed by atoms with Gasteiger partial charge >= 0.3 is 0 Å². The van der Waals surface area contributed by atoms with E-state index in [0.29, 0.717) is 30.4 Å². The summed E-state index contributed by atoms with van der Waals surface area (Å²) < 4.78 is 29.4. The minimum Gasteiger partial charge on any atom is -0.454 e. The number of rotatable bonds is 5. The molecule has 122 valence electrons. The van der Waals surface area contributed by atoms with Crippen LogP contribution in [0.25, 0.3) is 11.5 Å². The summed E-state index contributed by atoms with van der Waals surface area (Å²) in [6, 6.07) is 11.8. The Kier molecular flexibility index (Phi) is 3.84. The van der Waals surface area contributed by atoms with Crippen LogP contribution in [0.5, 0.6) is 11.5 Å². The Morgan fingerprint density at radius 1 is 1.00 bits per heavy atom. The van der Waals surface area contributed by atoms with Crippen molar-refractivity contribution in [2.45, 2.75) is 13.1 Å². The first kappa shape index (κ1) is 14.6. The van der Waals surface area contributed by atoms with Crippen LogP contribution in [-0.2, 0) is 13.1 Å². The van der Waals surface area contributed by atoms with Crippen LogP contribution in [-0.4, -0.2) is 17.0 Å². The second-order valence-corrected chi connectivity index (χ2v) is 5.30. The third-order valence-electron chi connectivity index (χ3n) is 3.58. The number of benzene rings is 2. The molecule has 0 saturated heterocycles. The van der Waals surface area contributed by atoms with Crippen molar-refractivity contribution in [3.63, 3.8) is 0 Å². The molecule has 2 aromatic carbocycles. The molecule has 24 heavy (non-hydrogen) atoms. The van der Waals surface area contributed by atoms with Crippen molar-refractivity contribution in [2.24, 2.45) is 0 Å². The van der Waals surface area contributed by atoms with Gasteiger partial charge in [-0.25, -0.2) is 4.39 Å². The predicted molar refractivity (Wildman–Crippen MR) is 82.8 cm³/mol. The fraction of sp³-hybridized carbons (Fsp3) is 0.176. The summed E-state index contributed by atoms with van der Waals surface area (Å²) in [6.45, 7) is 1.29. The maximum absolute atomic E-state index is 13.2. The standard InChI is InChI=1S/C17H14FN3O3/c18-13-3-1-2-12(7-13)17-21-20-16(24-17)9-19-8-11-4-5-14-15(6-11)23-10-22-14/h1-7,19H,8-10H2. The number of fused-ring (bicyclic) bond motifs is 1. The van der Waals surface area contributed by atoms with Crippen LogP contribution < -0.4 is 14.8 Å². The van der Waals surface area contributed by atoms with Gasteiger partial charge in [-0.05, 0) is 35.9 Å². The van der Waals surface area contributed by atoms with Crippen molar-refractivity contribution in [1.29, 1.82) is 0 Å². The van der Waals surface area contributed by atoms with E-state index in [2.05, 4.69) is 15.5 Å². The van der Waals surface area contributed by atoms with E-state index in [1.165, 1.54) is 12.1 Å². The maximum Gasteiger partial charge on any atom is 0.247 e. The number of nitrogens with zero attached hydrogens (tertiary/aromatic N) is 2. The van der Waals surface area contributed by atoms with Crippen molar-refractivity contribution >= 4 is 0 Å². The zero-order valence-electron chi connectivity index (χ0n) is 12.7. The lowest BCUT2D eigenvalue weighted by Gasteiger charge is -2.03. The quantitative estimate of drug-likeness (QED) is 0.777. The number of hydrogen-bond donors (Lipinski definition) is 1. The molecule has 0 atom stereocenters. The fourth-order valence-corrected chi connectivity index (χ4v) is 2.43. The molecule has 0 amide bonds. The summed E-state index contributed by atoms with van der Waals surface area (Å²) in [5, 5.41) is 11.1. The molecule has 7 heteroatoms. The number of nitrogens with one attached hydrogen (secondary N) is 1. The summed E-state index contributed by atoms with van der Waals surface area (Å²) in [4.78, 5) is 0. The van der Waals surface area contributed by atoms with Gasteiger partial charge in [0.2, 0.25) is 18.6 Å². The number of aromatic nitrogens is 2. The van der Waals surface area contributed by atoms with Crippen molar-refractivity contribution in [1.82, 2.24) is 15.5 Å². The number of hydrogen-bond acceptors (Lipinski definition) is 6. The Balaban J connectivity index is 1.37. The Bertz CT molecular complexity index is 866. The average molecular weight is 327 g/mol. The zero-order chi connectivity index (χ0) is 16.4. The first-order valence-corrected chi connectivity index (χ1v) is 7.45. The second-order valence-electron chi connectivity index (χ2n) is 5.30. The minimum absolute atomic E-state index is 0.261. The van der Waals surface area contributed by atoms with E-state index in [0.717, 1.165) is 17.1 Å². The smallest absolute Gasteiger partial charge is 0.247 e. The third kappa shape index (κ3) is 3.07. The van der Waals surface area contributed by atoms with Crippen molar-refractivity contribution in [2.75, 3.05) is 6.79 Å². The van der Waals surface area contributed by atoms with E-state index in [1.807, 2.05) is 18.2 Å². The van der Waals surface area contributed by atoms with Crippen LogP contribution in [0, 0.1) is 5.82 Å². The Morgan fingerprint density at radius 3 is 2.83 bits per heavy atom. The van der Waals surface area contributed by atoms with Gasteiger partial charge in [-0.3, -0.25) is 0 Å². The summed E-state index contributed by atoms with van der Waals surface area (Å²) in [6.07, 6.45) is 0. The molecule has 0 fully saturated rings. The van der Waals surface area contributed by atoms with E-state index < -0.39 is 0 Å². The van der Waals surface area contributed by atoms with Crippen LogP contribution in [0.1, 0.15) is 11.5 Å². The molecule has 2 heterocycles. The largest absolute Gasteiger partial charge is 0.454 e. The highest BCUT2D eigenvalue weighted by Gasteiger charge is 2.13. The lowest BCUT2D eigenvalue weighted by Crippen LogP contribution is -2.12. The molecule has 0 unspecified atom stereocenters. The van der Waals surface area contributed by atoms with E-state index in [4.69, 9.17) is 13.9 Å². The van der Waals surface area contributed by atoms with E-state index in [-0.39, 0.29) is 12.6 Å². The van der Waals surface area contributed by atoms with Gasteiger partial charge in [-0.2, -0.15) is 0 Å². The van der Waals surface area contributed by atoms with Gasteiger partial charge in [0, 0.05) is 12.1 Å². The monoisotopic (exact) mass is 327 g/mol. The first-order valence-electron chi connectivity index (χ1n) is 7.45. The first-order chi connectivity index (χ1) is 11.8. The van der Waals surface area contributed by atoms with Crippen LogP contribution in [0.15, 0.2) is 46.9 Å². The Morgan fingerprint density at radius 2 is 1.92 bits per heavy atom. The average Bonchev–Trinajstić information content (AvgIpc) is 3.23. The maximum atomic E-state index is 13.2. The van der Waals surface area contributed by atoms with Gasteiger partial charge in [0.15, 0.2) is 11.5 Å². The highest BCUT2D eigenvalue weighted by molar-refractivity contribution is 5.52. The molecule has 0 radical (unpaired) electrons. The highest BCUT2D eigenvalue weighted by Crippen LogP contribution is 2.32. The summed E-state index contributed by atoms with van der Waals surface area (Å²) in [7, 11) is 0. The van der Waals surface area contributed by atoms with Gasteiger partial charge in [0.25, 0.3) is 0 Å². The highest BCUT2D eigenvalue weighted by atomic mass is 19.1. The molecular weight excluding hydrogens is 313 g/mol. The molecule has 3 aromatic rings. The third-order valence-corrected chi connectivity index (χ3v) is 3.58. The van der Waals surface area contributed by atoms with Crippen LogP contribution in [0.4, 0.5) is 4.39 Å². The molecular formula is C17H14FN3O3. The summed E-state index contributed by atoms with van der Waals surface area (Å²) in [5.41, 5.74) is 1.62. The number of ether oxygens (including phenoxy) is 2. The summed E-state index contributed by atoms with van der Waals surface area (Å²) >= 11 is 0.